The fraction of sp³-hybridized carbons (Fsp3) is 0.286. The molecule has 0 bridgehead atoms. The van der Waals surface area contributed by atoms with Crippen molar-refractivity contribution < 1.29 is 8.42 Å². The molecule has 2 aromatic heterocycles. The summed E-state index contributed by atoms with van der Waals surface area (Å²) >= 11 is 0. The van der Waals surface area contributed by atoms with Crippen molar-refractivity contribution >= 4 is 16.0 Å². The highest BCUT2D eigenvalue weighted by Gasteiger charge is 2.28. The summed E-state index contributed by atoms with van der Waals surface area (Å²) in [5, 5.41) is 0. The SMILES string of the molecule is O=S(=O)(CCc1ccccc1)NC1CCN(c2nccc(-c3cccnc3)n2)C1. The van der Waals surface area contributed by atoms with E-state index >= 15 is 0 Å². The highest BCUT2D eigenvalue weighted by molar-refractivity contribution is 7.89. The molecule has 0 spiro atoms. The molecule has 29 heavy (non-hydrogen) atoms. The molecule has 0 amide bonds. The Hall–Kier alpha value is -2.84. The van der Waals surface area contributed by atoms with Crippen molar-refractivity contribution in [3.63, 3.8) is 0 Å². The van der Waals surface area contributed by atoms with Crippen LogP contribution in [0.4, 0.5) is 5.95 Å². The van der Waals surface area contributed by atoms with Crippen molar-refractivity contribution in [2.24, 2.45) is 0 Å². The van der Waals surface area contributed by atoms with Gasteiger partial charge in [0.15, 0.2) is 0 Å². The van der Waals surface area contributed by atoms with E-state index in [0.717, 1.165) is 23.2 Å². The summed E-state index contributed by atoms with van der Waals surface area (Å²) in [6.07, 6.45) is 6.44. The molecule has 150 valence electrons. The number of aromatic nitrogens is 3. The van der Waals surface area contributed by atoms with Gasteiger partial charge in [-0.3, -0.25) is 4.98 Å². The van der Waals surface area contributed by atoms with Gasteiger partial charge in [-0.1, -0.05) is 30.3 Å². The van der Waals surface area contributed by atoms with Gasteiger partial charge < -0.3 is 4.90 Å². The quantitative estimate of drug-likeness (QED) is 0.644. The zero-order chi connectivity index (χ0) is 20.1. The van der Waals surface area contributed by atoms with Crippen LogP contribution in [0.5, 0.6) is 0 Å². The van der Waals surface area contributed by atoms with Crippen molar-refractivity contribution in [2.45, 2.75) is 18.9 Å². The normalized spacial score (nSPS) is 16.8. The largest absolute Gasteiger partial charge is 0.339 e. The smallest absolute Gasteiger partial charge is 0.225 e. The van der Waals surface area contributed by atoms with Gasteiger partial charge >= 0.3 is 0 Å². The Morgan fingerprint density at radius 2 is 1.93 bits per heavy atom. The predicted octanol–water partition coefficient (Wildman–Crippen LogP) is 2.28. The summed E-state index contributed by atoms with van der Waals surface area (Å²) < 4.78 is 27.8. The highest BCUT2D eigenvalue weighted by Crippen LogP contribution is 2.21. The summed E-state index contributed by atoms with van der Waals surface area (Å²) in [4.78, 5) is 15.1. The number of aryl methyl sites for hydroxylation is 1. The maximum Gasteiger partial charge on any atom is 0.225 e. The summed E-state index contributed by atoms with van der Waals surface area (Å²) in [5.41, 5.74) is 2.75. The zero-order valence-electron chi connectivity index (χ0n) is 16.0. The van der Waals surface area contributed by atoms with Gasteiger partial charge in [-0.15, -0.1) is 0 Å². The second-order valence-electron chi connectivity index (χ2n) is 7.09. The highest BCUT2D eigenvalue weighted by atomic mass is 32.2. The van der Waals surface area contributed by atoms with Gasteiger partial charge in [0.05, 0.1) is 11.4 Å². The zero-order valence-corrected chi connectivity index (χ0v) is 16.8. The number of sulfonamides is 1. The van der Waals surface area contributed by atoms with Crippen LogP contribution >= 0.6 is 0 Å². The summed E-state index contributed by atoms with van der Waals surface area (Å²) in [6, 6.07) is 15.2. The Kier molecular flexibility index (Phi) is 5.82. The van der Waals surface area contributed by atoms with Gasteiger partial charge in [0, 0.05) is 43.3 Å². The van der Waals surface area contributed by atoms with Crippen LogP contribution in [0.25, 0.3) is 11.3 Å². The van der Waals surface area contributed by atoms with Crippen molar-refractivity contribution in [3.05, 3.63) is 72.7 Å². The third kappa shape index (κ3) is 5.16. The standard InChI is InChI=1S/C21H23N5O2S/c27-29(28,14-10-17-5-2-1-3-6-17)25-19-9-13-26(16-19)21-23-12-8-20(24-21)18-7-4-11-22-15-18/h1-8,11-12,15,19,25H,9-10,13-14,16H2. The number of nitrogens with zero attached hydrogens (tertiary/aromatic N) is 4. The number of benzene rings is 1. The topological polar surface area (TPSA) is 88.1 Å². The van der Waals surface area contributed by atoms with E-state index in [4.69, 9.17) is 0 Å². The van der Waals surface area contributed by atoms with E-state index in [1.807, 2.05) is 53.4 Å². The molecular formula is C21H23N5O2S. The number of nitrogens with one attached hydrogen (secondary N) is 1. The molecule has 1 saturated heterocycles. The fourth-order valence-corrected chi connectivity index (χ4v) is 4.75. The second kappa shape index (κ2) is 8.67. The van der Waals surface area contributed by atoms with Crippen molar-refractivity contribution in [1.82, 2.24) is 19.7 Å². The van der Waals surface area contributed by atoms with Crippen LogP contribution in [0.15, 0.2) is 67.1 Å². The molecule has 0 aliphatic carbocycles. The predicted molar refractivity (Wildman–Crippen MR) is 113 cm³/mol. The number of pyridine rings is 1. The van der Waals surface area contributed by atoms with Gasteiger partial charge in [-0.2, -0.15) is 0 Å². The minimum absolute atomic E-state index is 0.0838. The number of rotatable bonds is 7. The van der Waals surface area contributed by atoms with Gasteiger partial charge in [0.25, 0.3) is 0 Å². The molecule has 1 aliphatic heterocycles. The minimum Gasteiger partial charge on any atom is -0.339 e. The maximum absolute atomic E-state index is 12.5. The summed E-state index contributed by atoms with van der Waals surface area (Å²) in [6.45, 7) is 1.27. The van der Waals surface area contributed by atoms with E-state index in [1.54, 1.807) is 18.6 Å². The van der Waals surface area contributed by atoms with E-state index < -0.39 is 10.0 Å². The molecule has 1 aromatic carbocycles. The molecular weight excluding hydrogens is 386 g/mol. The van der Waals surface area contributed by atoms with Crippen LogP contribution in [-0.2, 0) is 16.4 Å². The summed E-state index contributed by atoms with van der Waals surface area (Å²) in [5.74, 6) is 0.692. The van der Waals surface area contributed by atoms with E-state index in [-0.39, 0.29) is 11.8 Å². The molecule has 1 atom stereocenters. The molecule has 0 radical (unpaired) electrons. The first-order valence-corrected chi connectivity index (χ1v) is 11.3. The van der Waals surface area contributed by atoms with E-state index in [0.29, 0.717) is 25.5 Å². The van der Waals surface area contributed by atoms with Crippen molar-refractivity contribution in [2.75, 3.05) is 23.7 Å². The molecule has 1 unspecified atom stereocenters. The first kappa shape index (κ1) is 19.5. The Balaban J connectivity index is 1.37. The Morgan fingerprint density at radius 3 is 2.72 bits per heavy atom. The van der Waals surface area contributed by atoms with E-state index in [1.165, 1.54) is 0 Å². The first-order valence-electron chi connectivity index (χ1n) is 9.61. The number of hydrogen-bond acceptors (Lipinski definition) is 6. The fourth-order valence-electron chi connectivity index (χ4n) is 3.42. The summed E-state index contributed by atoms with van der Waals surface area (Å²) in [7, 11) is -3.35. The lowest BCUT2D eigenvalue weighted by Crippen LogP contribution is -2.39. The lowest BCUT2D eigenvalue weighted by atomic mass is 10.2. The third-order valence-corrected chi connectivity index (χ3v) is 6.35. The minimum atomic E-state index is -3.35. The van der Waals surface area contributed by atoms with Crippen LogP contribution in [0.3, 0.4) is 0 Å². The average Bonchev–Trinajstić information content (AvgIpc) is 3.22. The van der Waals surface area contributed by atoms with E-state index in [9.17, 15) is 8.42 Å². The monoisotopic (exact) mass is 409 g/mol. The Labute approximate surface area is 170 Å². The maximum atomic E-state index is 12.5. The van der Waals surface area contributed by atoms with Crippen LogP contribution in [0.2, 0.25) is 0 Å². The lowest BCUT2D eigenvalue weighted by molar-refractivity contribution is 0.560. The second-order valence-corrected chi connectivity index (χ2v) is 8.96. The Bertz CT molecular complexity index is 1040. The van der Waals surface area contributed by atoms with Crippen LogP contribution in [-0.4, -0.2) is 48.3 Å². The molecule has 8 heteroatoms. The molecule has 0 saturated carbocycles. The molecule has 3 aromatic rings. The van der Waals surface area contributed by atoms with Gasteiger partial charge in [0.2, 0.25) is 16.0 Å². The van der Waals surface area contributed by atoms with Crippen molar-refractivity contribution in [3.8, 4) is 11.3 Å². The molecule has 1 N–H and O–H groups in total. The van der Waals surface area contributed by atoms with Crippen molar-refractivity contribution in [1.29, 1.82) is 0 Å². The lowest BCUT2D eigenvalue weighted by Gasteiger charge is -2.17. The molecule has 1 fully saturated rings. The van der Waals surface area contributed by atoms with Gasteiger partial charge in [-0.25, -0.2) is 23.1 Å². The Morgan fingerprint density at radius 1 is 1.07 bits per heavy atom. The van der Waals surface area contributed by atoms with E-state index in [2.05, 4.69) is 19.7 Å². The van der Waals surface area contributed by atoms with Gasteiger partial charge in [0.1, 0.15) is 0 Å². The first-order chi connectivity index (χ1) is 14.1. The van der Waals surface area contributed by atoms with Crippen LogP contribution in [0.1, 0.15) is 12.0 Å². The molecule has 3 heterocycles. The third-order valence-electron chi connectivity index (χ3n) is 4.92. The number of anilines is 1. The molecule has 1 aliphatic rings. The number of hydrogen-bond donors (Lipinski definition) is 1. The van der Waals surface area contributed by atoms with Crippen LogP contribution in [0, 0.1) is 0 Å². The molecule has 7 nitrogen and oxygen atoms in total. The van der Waals surface area contributed by atoms with Crippen LogP contribution < -0.4 is 9.62 Å². The average molecular weight is 410 g/mol. The molecule has 4 rings (SSSR count). The van der Waals surface area contributed by atoms with Gasteiger partial charge in [-0.05, 0) is 36.6 Å².